The van der Waals surface area contributed by atoms with Crippen molar-refractivity contribution in [2.24, 2.45) is 0 Å². The predicted octanol–water partition coefficient (Wildman–Crippen LogP) is 1.29. The van der Waals surface area contributed by atoms with Gasteiger partial charge >= 0.3 is 5.97 Å². The second kappa shape index (κ2) is 8.06. The number of carboxylic acids is 1. The van der Waals surface area contributed by atoms with E-state index in [1.807, 2.05) is 0 Å². The van der Waals surface area contributed by atoms with E-state index in [1.54, 1.807) is 25.1 Å². The first kappa shape index (κ1) is 15.8. The molecule has 6 nitrogen and oxygen atoms in total. The Kier molecular flexibility index (Phi) is 6.39. The molecule has 20 heavy (non-hydrogen) atoms. The molecule has 1 aromatic heterocycles. The molecule has 1 rings (SSSR count). The van der Waals surface area contributed by atoms with E-state index in [9.17, 15) is 9.59 Å². The first-order valence-corrected chi connectivity index (χ1v) is 6.15. The zero-order chi connectivity index (χ0) is 15.0. The molecule has 108 valence electrons. The summed E-state index contributed by atoms with van der Waals surface area (Å²) in [5.41, 5.74) is 0.913. The molecule has 0 atom stereocenters. The van der Waals surface area contributed by atoms with Gasteiger partial charge in [-0.05, 0) is 18.6 Å². The average molecular weight is 278 g/mol. The number of aromatic nitrogens is 1. The summed E-state index contributed by atoms with van der Waals surface area (Å²) >= 11 is 0. The number of nitrogens with zero attached hydrogens (tertiary/aromatic N) is 2. The van der Waals surface area contributed by atoms with Crippen molar-refractivity contribution >= 4 is 18.0 Å². The maximum Gasteiger partial charge on any atom is 0.328 e. The number of carboxylic acid groups (broad SMARTS) is 1. The highest BCUT2D eigenvalue weighted by molar-refractivity contribution is 5.98. The van der Waals surface area contributed by atoms with Gasteiger partial charge in [-0.3, -0.25) is 9.78 Å². The number of aliphatic carboxylic acids is 1. The fourth-order valence-corrected chi connectivity index (χ4v) is 1.65. The van der Waals surface area contributed by atoms with E-state index < -0.39 is 5.97 Å². The monoisotopic (exact) mass is 278 g/mol. The third-order valence-electron chi connectivity index (χ3n) is 2.68. The minimum absolute atomic E-state index is 0.173. The van der Waals surface area contributed by atoms with Gasteiger partial charge in [-0.15, -0.1) is 0 Å². The van der Waals surface area contributed by atoms with Crippen molar-refractivity contribution in [1.29, 1.82) is 0 Å². The van der Waals surface area contributed by atoms with Crippen molar-refractivity contribution in [2.45, 2.75) is 6.42 Å². The summed E-state index contributed by atoms with van der Waals surface area (Å²) in [5, 5.41) is 8.64. The highest BCUT2D eigenvalue weighted by Gasteiger charge is 2.14. The molecule has 0 aromatic carbocycles. The van der Waals surface area contributed by atoms with Crippen LogP contribution in [0.25, 0.3) is 6.08 Å². The van der Waals surface area contributed by atoms with Gasteiger partial charge in [0.1, 0.15) is 0 Å². The van der Waals surface area contributed by atoms with Crippen molar-refractivity contribution < 1.29 is 19.4 Å². The fourth-order valence-electron chi connectivity index (χ4n) is 1.65. The highest BCUT2D eigenvalue weighted by Crippen LogP contribution is 2.12. The Balaban J connectivity index is 2.84. The Hall–Kier alpha value is -2.21. The molecule has 0 aliphatic carbocycles. The van der Waals surface area contributed by atoms with Crippen LogP contribution in [-0.2, 0) is 9.53 Å². The molecule has 0 bridgehead atoms. The van der Waals surface area contributed by atoms with E-state index in [2.05, 4.69) is 4.98 Å². The Morgan fingerprint density at radius 1 is 1.50 bits per heavy atom. The van der Waals surface area contributed by atoms with Gasteiger partial charge in [0.15, 0.2) is 0 Å². The molecule has 0 aliphatic rings. The molecular weight excluding hydrogens is 260 g/mol. The van der Waals surface area contributed by atoms with Gasteiger partial charge in [-0.25, -0.2) is 4.79 Å². The molecule has 1 heterocycles. The zero-order valence-electron chi connectivity index (χ0n) is 11.6. The summed E-state index contributed by atoms with van der Waals surface area (Å²) in [6, 6.07) is 1.58. The minimum Gasteiger partial charge on any atom is -0.478 e. The van der Waals surface area contributed by atoms with E-state index in [0.29, 0.717) is 24.3 Å². The third kappa shape index (κ3) is 4.81. The van der Waals surface area contributed by atoms with Crippen LogP contribution in [0.4, 0.5) is 0 Å². The van der Waals surface area contributed by atoms with Crippen molar-refractivity contribution in [2.75, 3.05) is 27.3 Å². The summed E-state index contributed by atoms with van der Waals surface area (Å²) in [5.74, 6) is -1.24. The van der Waals surface area contributed by atoms with Gasteiger partial charge in [-0.2, -0.15) is 0 Å². The standard InChI is InChI=1S/C14H18N2O4/c1-16(8-3-9-20-2)14(19)12-6-7-15-10-11(12)4-5-13(17)18/h4-7,10H,3,8-9H2,1-2H3,(H,17,18). The number of rotatable bonds is 7. The van der Waals surface area contributed by atoms with E-state index in [0.717, 1.165) is 12.5 Å². The lowest BCUT2D eigenvalue weighted by Crippen LogP contribution is -2.29. The van der Waals surface area contributed by atoms with Crippen LogP contribution in [0.15, 0.2) is 24.5 Å². The van der Waals surface area contributed by atoms with Gasteiger partial charge in [-0.1, -0.05) is 0 Å². The molecule has 1 amide bonds. The summed E-state index contributed by atoms with van der Waals surface area (Å²) in [7, 11) is 3.31. The van der Waals surface area contributed by atoms with Gasteiger partial charge in [0, 0.05) is 56.9 Å². The van der Waals surface area contributed by atoms with Crippen molar-refractivity contribution in [3.8, 4) is 0 Å². The summed E-state index contributed by atoms with van der Waals surface area (Å²) < 4.78 is 4.94. The normalized spacial score (nSPS) is 10.7. The quantitative estimate of drug-likeness (QED) is 0.600. The molecule has 0 saturated carbocycles. The summed E-state index contributed by atoms with van der Waals surface area (Å²) in [4.78, 5) is 28.3. The third-order valence-corrected chi connectivity index (χ3v) is 2.68. The molecule has 0 spiro atoms. The van der Waals surface area contributed by atoms with Crippen molar-refractivity contribution in [1.82, 2.24) is 9.88 Å². The van der Waals surface area contributed by atoms with Crippen LogP contribution in [0, 0.1) is 0 Å². The number of amides is 1. The average Bonchev–Trinajstić information content (AvgIpc) is 2.44. The Labute approximate surface area is 117 Å². The highest BCUT2D eigenvalue weighted by atomic mass is 16.5. The van der Waals surface area contributed by atoms with Crippen LogP contribution in [0.3, 0.4) is 0 Å². The number of ether oxygens (including phenoxy) is 1. The maximum absolute atomic E-state index is 12.3. The SMILES string of the molecule is COCCCN(C)C(=O)c1ccncc1C=CC(=O)O. The minimum atomic E-state index is -1.07. The van der Waals surface area contributed by atoms with Crippen molar-refractivity contribution in [3.05, 3.63) is 35.7 Å². The number of pyridine rings is 1. The van der Waals surface area contributed by atoms with Crippen molar-refractivity contribution in [3.63, 3.8) is 0 Å². The molecule has 0 unspecified atom stereocenters. The lowest BCUT2D eigenvalue weighted by Gasteiger charge is -2.17. The molecule has 1 aromatic rings. The first-order valence-electron chi connectivity index (χ1n) is 6.15. The van der Waals surface area contributed by atoms with Crippen LogP contribution < -0.4 is 0 Å². The molecule has 0 radical (unpaired) electrons. The molecular formula is C14H18N2O4. The summed E-state index contributed by atoms with van der Waals surface area (Å²) in [6.45, 7) is 1.15. The van der Waals surface area contributed by atoms with Gasteiger partial charge in [0.05, 0.1) is 0 Å². The van der Waals surface area contributed by atoms with Gasteiger partial charge in [0.2, 0.25) is 0 Å². The summed E-state index contributed by atoms with van der Waals surface area (Å²) in [6.07, 6.45) is 6.07. The number of methoxy groups -OCH3 is 1. The molecule has 0 aliphatic heterocycles. The number of carbonyl (C=O) groups is 2. The Morgan fingerprint density at radius 2 is 2.25 bits per heavy atom. The van der Waals surface area contributed by atoms with Crippen LogP contribution in [0.1, 0.15) is 22.3 Å². The fraction of sp³-hybridized carbons (Fsp3) is 0.357. The Morgan fingerprint density at radius 3 is 2.90 bits per heavy atom. The van der Waals surface area contributed by atoms with E-state index in [4.69, 9.17) is 9.84 Å². The second-order valence-corrected chi connectivity index (χ2v) is 4.21. The second-order valence-electron chi connectivity index (χ2n) is 4.21. The van der Waals surface area contributed by atoms with Crippen LogP contribution in [0.5, 0.6) is 0 Å². The first-order chi connectivity index (χ1) is 9.56. The van der Waals surface area contributed by atoms with Crippen LogP contribution >= 0.6 is 0 Å². The van der Waals surface area contributed by atoms with E-state index >= 15 is 0 Å². The molecule has 0 saturated heterocycles. The molecule has 0 fully saturated rings. The number of hydrogen-bond acceptors (Lipinski definition) is 4. The van der Waals surface area contributed by atoms with Gasteiger partial charge < -0.3 is 14.7 Å². The zero-order valence-corrected chi connectivity index (χ0v) is 11.6. The Bertz CT molecular complexity index is 500. The van der Waals surface area contributed by atoms with E-state index in [1.165, 1.54) is 18.5 Å². The molecule has 6 heteroatoms. The van der Waals surface area contributed by atoms with Crippen LogP contribution in [0.2, 0.25) is 0 Å². The van der Waals surface area contributed by atoms with E-state index in [-0.39, 0.29) is 5.91 Å². The number of hydrogen-bond donors (Lipinski definition) is 1. The molecule has 1 N–H and O–H groups in total. The predicted molar refractivity (Wildman–Crippen MR) is 74.4 cm³/mol. The number of carbonyl (C=O) groups excluding carboxylic acids is 1. The largest absolute Gasteiger partial charge is 0.478 e. The lowest BCUT2D eigenvalue weighted by atomic mass is 10.1. The lowest BCUT2D eigenvalue weighted by molar-refractivity contribution is -0.131. The smallest absolute Gasteiger partial charge is 0.328 e. The van der Waals surface area contributed by atoms with Crippen LogP contribution in [-0.4, -0.2) is 54.2 Å². The van der Waals surface area contributed by atoms with Gasteiger partial charge in [0.25, 0.3) is 5.91 Å². The topological polar surface area (TPSA) is 79.7 Å². The maximum atomic E-state index is 12.3.